The minimum atomic E-state index is -6.85. The van der Waals surface area contributed by atoms with Crippen LogP contribution in [-0.4, -0.2) is 29.6 Å². The lowest BCUT2D eigenvalue weighted by atomic mass is 10.2. The SMILES string of the molecule is F/C=C(/N(C(F)(F)F)C(F)(F)F)C(F)(F)C(F)(F)F. The van der Waals surface area contributed by atoms with Gasteiger partial charge in [-0.1, -0.05) is 0 Å². The van der Waals surface area contributed by atoms with Crippen LogP contribution in [-0.2, 0) is 0 Å². The van der Waals surface area contributed by atoms with Gasteiger partial charge in [0.15, 0.2) is 0 Å². The Balaban J connectivity index is 5.96. The van der Waals surface area contributed by atoms with E-state index in [0.29, 0.717) is 0 Å². The molecule has 19 heavy (non-hydrogen) atoms. The van der Waals surface area contributed by atoms with E-state index in [1.54, 1.807) is 0 Å². The smallest absolute Gasteiger partial charge is 0.213 e. The number of hydrogen-bond acceptors (Lipinski definition) is 1. The lowest BCUT2D eigenvalue weighted by Gasteiger charge is -2.33. The molecule has 0 aromatic rings. The van der Waals surface area contributed by atoms with Gasteiger partial charge < -0.3 is 0 Å². The van der Waals surface area contributed by atoms with E-state index in [1.165, 1.54) is 0 Å². The van der Waals surface area contributed by atoms with Crippen LogP contribution in [0.1, 0.15) is 0 Å². The molecule has 13 heteroatoms. The van der Waals surface area contributed by atoms with Gasteiger partial charge in [-0.2, -0.15) is 26.9 Å². The number of rotatable bonds is 2. The molecular weight excluding hydrogens is 314 g/mol. The van der Waals surface area contributed by atoms with E-state index in [4.69, 9.17) is 0 Å². The van der Waals surface area contributed by atoms with E-state index >= 15 is 0 Å². The summed E-state index contributed by atoms with van der Waals surface area (Å²) in [5.41, 5.74) is -3.93. The fourth-order valence-electron chi connectivity index (χ4n) is 0.820. The molecule has 0 aromatic carbocycles. The molecule has 0 amide bonds. The third-order valence-electron chi connectivity index (χ3n) is 1.53. The van der Waals surface area contributed by atoms with Crippen LogP contribution in [0.15, 0.2) is 12.0 Å². The third-order valence-corrected chi connectivity index (χ3v) is 1.53. The average Bonchev–Trinajstić information content (AvgIpc) is 2.07. The van der Waals surface area contributed by atoms with Crippen LogP contribution in [0.25, 0.3) is 0 Å². The molecule has 0 spiro atoms. The summed E-state index contributed by atoms with van der Waals surface area (Å²) < 4.78 is 143. The molecule has 114 valence electrons. The minimum Gasteiger partial charge on any atom is -0.213 e. The van der Waals surface area contributed by atoms with E-state index in [9.17, 15) is 52.7 Å². The predicted octanol–water partition coefficient (Wildman–Crippen LogP) is 4.34. The number of halogens is 12. The Labute approximate surface area is 95.6 Å². The van der Waals surface area contributed by atoms with Crippen molar-refractivity contribution in [2.24, 2.45) is 0 Å². The molecule has 0 bridgehead atoms. The van der Waals surface area contributed by atoms with Crippen molar-refractivity contribution in [3.05, 3.63) is 12.0 Å². The highest BCUT2D eigenvalue weighted by molar-refractivity contribution is 5.14. The number of allylic oxidation sites excluding steroid dienone is 1. The molecule has 0 radical (unpaired) electrons. The standard InChI is InChI=1S/C6HF12N/c7-1-2(3(8,9)4(10,11)12)19(5(13,14)15)6(16,17)18/h1H/b2-1+. The first-order chi connectivity index (χ1) is 8.06. The van der Waals surface area contributed by atoms with Gasteiger partial charge in [0.1, 0.15) is 12.0 Å². The van der Waals surface area contributed by atoms with Crippen molar-refractivity contribution < 1.29 is 52.7 Å². The summed E-state index contributed by atoms with van der Waals surface area (Å²) >= 11 is 0. The number of nitrogens with zero attached hydrogens (tertiary/aromatic N) is 1. The third kappa shape index (κ3) is 3.59. The molecule has 0 aliphatic carbocycles. The molecule has 0 unspecified atom stereocenters. The summed E-state index contributed by atoms with van der Waals surface area (Å²) in [6.45, 7) is 0. The van der Waals surface area contributed by atoms with Crippen LogP contribution in [0.4, 0.5) is 52.7 Å². The molecule has 0 atom stereocenters. The second-order valence-electron chi connectivity index (χ2n) is 2.84. The molecule has 0 rings (SSSR count). The van der Waals surface area contributed by atoms with Gasteiger partial charge in [0.05, 0.1) is 0 Å². The van der Waals surface area contributed by atoms with Crippen LogP contribution < -0.4 is 0 Å². The zero-order valence-corrected chi connectivity index (χ0v) is 8.06. The van der Waals surface area contributed by atoms with E-state index in [-0.39, 0.29) is 0 Å². The Bertz CT molecular complexity index is 329. The molecule has 0 fully saturated rings. The normalized spacial score (nSPS) is 15.7. The van der Waals surface area contributed by atoms with Crippen molar-refractivity contribution in [1.82, 2.24) is 4.90 Å². The summed E-state index contributed by atoms with van der Waals surface area (Å²) in [6, 6.07) is 0. The van der Waals surface area contributed by atoms with Gasteiger partial charge in [-0.05, 0) is 0 Å². The molecular formula is C6HF12N. The molecule has 0 aromatic heterocycles. The molecule has 0 saturated heterocycles. The highest BCUT2D eigenvalue weighted by Crippen LogP contribution is 2.48. The van der Waals surface area contributed by atoms with E-state index < -0.39 is 41.6 Å². The maximum atomic E-state index is 12.4. The Morgan fingerprint density at radius 2 is 1.00 bits per heavy atom. The molecule has 0 aliphatic rings. The average molecular weight is 315 g/mol. The van der Waals surface area contributed by atoms with E-state index in [1.807, 2.05) is 0 Å². The Morgan fingerprint density at radius 1 is 0.684 bits per heavy atom. The zero-order chi connectivity index (χ0) is 15.9. The van der Waals surface area contributed by atoms with Crippen molar-refractivity contribution >= 4 is 0 Å². The maximum Gasteiger partial charge on any atom is 0.491 e. The molecule has 1 nitrogen and oxygen atoms in total. The fraction of sp³-hybridized carbons (Fsp3) is 0.667. The van der Waals surface area contributed by atoms with Crippen LogP contribution >= 0.6 is 0 Å². The largest absolute Gasteiger partial charge is 0.491 e. The second kappa shape index (κ2) is 4.67. The van der Waals surface area contributed by atoms with Gasteiger partial charge in [0, 0.05) is 0 Å². The van der Waals surface area contributed by atoms with Gasteiger partial charge >= 0.3 is 24.7 Å². The lowest BCUT2D eigenvalue weighted by Crippen LogP contribution is -2.54. The van der Waals surface area contributed by atoms with Gasteiger partial charge in [-0.3, -0.25) is 0 Å². The van der Waals surface area contributed by atoms with Crippen molar-refractivity contribution in [1.29, 1.82) is 0 Å². The predicted molar refractivity (Wildman–Crippen MR) is 34.1 cm³/mol. The first-order valence-electron chi connectivity index (χ1n) is 3.76. The first kappa shape index (κ1) is 17.7. The highest BCUT2D eigenvalue weighted by Gasteiger charge is 2.68. The van der Waals surface area contributed by atoms with E-state index in [0.717, 1.165) is 0 Å². The second-order valence-corrected chi connectivity index (χ2v) is 2.84. The summed E-state index contributed by atoms with van der Waals surface area (Å²) in [5.74, 6) is -6.69. The Hall–Kier alpha value is -1.30. The van der Waals surface area contributed by atoms with Crippen molar-refractivity contribution in [3.63, 3.8) is 0 Å². The summed E-state index contributed by atoms with van der Waals surface area (Å²) in [7, 11) is 0. The van der Waals surface area contributed by atoms with Crippen LogP contribution in [0.2, 0.25) is 0 Å². The summed E-state index contributed by atoms with van der Waals surface area (Å²) in [4.78, 5) is -3.26. The van der Waals surface area contributed by atoms with Crippen molar-refractivity contribution in [2.75, 3.05) is 0 Å². The molecule has 0 aliphatic heterocycles. The zero-order valence-electron chi connectivity index (χ0n) is 8.06. The van der Waals surface area contributed by atoms with Crippen LogP contribution in [0.5, 0.6) is 0 Å². The maximum absolute atomic E-state index is 12.4. The van der Waals surface area contributed by atoms with Crippen LogP contribution in [0, 0.1) is 0 Å². The number of alkyl halides is 11. The monoisotopic (exact) mass is 315 g/mol. The molecule has 0 heterocycles. The molecule has 0 N–H and O–H groups in total. The van der Waals surface area contributed by atoms with Gasteiger partial charge in [0.25, 0.3) is 0 Å². The summed E-state index contributed by atoms with van der Waals surface area (Å²) in [5, 5.41) is 0. The van der Waals surface area contributed by atoms with Gasteiger partial charge in [-0.25, -0.2) is 4.39 Å². The molecule has 0 saturated carbocycles. The number of hydrogen-bond donors (Lipinski definition) is 0. The van der Waals surface area contributed by atoms with Crippen molar-refractivity contribution in [3.8, 4) is 0 Å². The van der Waals surface area contributed by atoms with Gasteiger partial charge in [0.2, 0.25) is 0 Å². The topological polar surface area (TPSA) is 3.24 Å². The van der Waals surface area contributed by atoms with E-state index in [2.05, 4.69) is 0 Å². The minimum absolute atomic E-state index is 2.10. The quantitative estimate of drug-likeness (QED) is 0.541. The van der Waals surface area contributed by atoms with Crippen molar-refractivity contribution in [2.45, 2.75) is 24.7 Å². The lowest BCUT2D eigenvalue weighted by molar-refractivity contribution is -0.377. The van der Waals surface area contributed by atoms with Crippen LogP contribution in [0.3, 0.4) is 0 Å². The Kier molecular flexibility index (Phi) is 4.35. The first-order valence-corrected chi connectivity index (χ1v) is 3.76. The van der Waals surface area contributed by atoms with Gasteiger partial charge in [-0.15, -0.1) is 26.3 Å². The fourth-order valence-corrected chi connectivity index (χ4v) is 0.820. The Morgan fingerprint density at radius 3 is 1.16 bits per heavy atom. The summed E-state index contributed by atoms with van der Waals surface area (Å²) in [6.07, 6.45) is -22.4. The highest BCUT2D eigenvalue weighted by atomic mass is 19.4.